The maximum Gasteiger partial charge on any atom is 0.337 e. The van der Waals surface area contributed by atoms with Crippen LogP contribution in [0.2, 0.25) is 0 Å². The first kappa shape index (κ1) is 38.0. The van der Waals surface area contributed by atoms with Gasteiger partial charge in [-0.05, 0) is 105 Å². The van der Waals surface area contributed by atoms with Gasteiger partial charge in [-0.25, -0.2) is 13.6 Å². The molecule has 1 saturated heterocycles. The van der Waals surface area contributed by atoms with Crippen LogP contribution in [-0.4, -0.2) is 73.4 Å². The minimum atomic E-state index is -0.781. The Balaban J connectivity index is 1.15. The van der Waals surface area contributed by atoms with E-state index in [4.69, 9.17) is 4.74 Å². The van der Waals surface area contributed by atoms with E-state index in [2.05, 4.69) is 29.4 Å². The molecule has 53 heavy (non-hydrogen) atoms. The van der Waals surface area contributed by atoms with Crippen molar-refractivity contribution in [3.05, 3.63) is 116 Å². The molecule has 0 saturated carbocycles. The van der Waals surface area contributed by atoms with Gasteiger partial charge in [0, 0.05) is 53.4 Å². The minimum Gasteiger partial charge on any atom is -0.465 e. The first-order valence-corrected chi connectivity index (χ1v) is 18.6. The van der Waals surface area contributed by atoms with E-state index in [1.165, 1.54) is 18.4 Å². The molecule has 0 spiro atoms. The summed E-state index contributed by atoms with van der Waals surface area (Å²) in [6.45, 7) is 7.09. The zero-order valence-corrected chi connectivity index (χ0v) is 30.9. The van der Waals surface area contributed by atoms with E-state index in [-0.39, 0.29) is 29.1 Å². The molecule has 2 aliphatic rings. The molecule has 1 aromatic heterocycles. The number of piperazine rings is 1. The summed E-state index contributed by atoms with van der Waals surface area (Å²) in [5.41, 5.74) is 3.45. The molecule has 1 aliphatic carbocycles. The van der Waals surface area contributed by atoms with Gasteiger partial charge in [0.25, 0.3) is 19.2 Å². The van der Waals surface area contributed by atoms with E-state index in [1.807, 2.05) is 23.0 Å². The number of benzene rings is 3. The summed E-state index contributed by atoms with van der Waals surface area (Å²) in [7, 11) is 2.87. The number of thiophene rings is 1. The topological polar surface area (TPSA) is 108 Å². The molecule has 0 bridgehead atoms. The number of carbonyl (C=O) groups excluding carboxylic acids is 4. The van der Waals surface area contributed by atoms with Crippen LogP contribution in [-0.2, 0) is 41.8 Å². The largest absolute Gasteiger partial charge is 0.465 e. The number of halogens is 2. The number of amides is 2. The van der Waals surface area contributed by atoms with Gasteiger partial charge in [-0.1, -0.05) is 24.3 Å². The van der Waals surface area contributed by atoms with Crippen LogP contribution in [0, 0.1) is 11.6 Å². The van der Waals surface area contributed by atoms with E-state index in [1.54, 1.807) is 37.7 Å². The fourth-order valence-corrected chi connectivity index (χ4v) is 8.42. The molecular formula is C40H42BF2N4O5S. The van der Waals surface area contributed by atoms with Crippen LogP contribution in [0.3, 0.4) is 0 Å². The van der Waals surface area contributed by atoms with E-state index < -0.39 is 23.5 Å². The van der Waals surface area contributed by atoms with Gasteiger partial charge in [0.1, 0.15) is 16.6 Å². The molecule has 1 radical (unpaired) electrons. The summed E-state index contributed by atoms with van der Waals surface area (Å²) in [5.74, 6) is -2.93. The average molecular weight is 740 g/mol. The first-order chi connectivity index (χ1) is 25.4. The molecule has 0 unspecified atom stereocenters. The number of aryl methyl sites for hydroxylation is 2. The van der Waals surface area contributed by atoms with Gasteiger partial charge in [0.2, 0.25) is 0 Å². The second kappa shape index (κ2) is 16.5. The molecule has 3 aromatic carbocycles. The molecule has 6 rings (SSSR count). The highest BCUT2D eigenvalue weighted by Crippen LogP contribution is 2.39. The molecule has 2 amide bonds. The molecule has 13 heteroatoms. The molecule has 0 atom stereocenters. The number of nitrogens with one attached hydrogen (secondary N) is 2. The van der Waals surface area contributed by atoms with E-state index in [9.17, 15) is 19.2 Å². The normalized spacial score (nSPS) is 15.6. The van der Waals surface area contributed by atoms with Crippen molar-refractivity contribution in [3.8, 4) is 0 Å². The van der Waals surface area contributed by atoms with Crippen LogP contribution in [0.15, 0.2) is 60.7 Å². The molecule has 1 aliphatic heterocycles. The van der Waals surface area contributed by atoms with E-state index in [0.29, 0.717) is 47.6 Å². The highest BCUT2D eigenvalue weighted by Gasteiger charge is 2.34. The van der Waals surface area contributed by atoms with Gasteiger partial charge >= 0.3 is 5.97 Å². The Morgan fingerprint density at radius 2 is 1.64 bits per heavy atom. The van der Waals surface area contributed by atoms with Crippen LogP contribution in [0.1, 0.15) is 84.9 Å². The SMILES string of the molecule is COC(=O)c1ccc(CCc2c(F)cc(NC(=O)c3c(NC(=O)c4cccc(CN5CCN([B]C=O)CC5(C)C)c4)sc4c3CCCC4)cc2F)cc1. The summed E-state index contributed by atoms with van der Waals surface area (Å²) in [5, 5.41) is 6.08. The van der Waals surface area contributed by atoms with Crippen LogP contribution in [0.5, 0.6) is 0 Å². The monoisotopic (exact) mass is 739 g/mol. The van der Waals surface area contributed by atoms with Crippen molar-refractivity contribution in [3.63, 3.8) is 0 Å². The maximum atomic E-state index is 15.3. The van der Waals surface area contributed by atoms with Crippen molar-refractivity contribution >= 4 is 53.4 Å². The number of hydrogen-bond donors (Lipinski definition) is 2. The summed E-state index contributed by atoms with van der Waals surface area (Å²) < 4.78 is 35.3. The maximum absolute atomic E-state index is 15.3. The zero-order valence-electron chi connectivity index (χ0n) is 30.1. The molecule has 2 N–H and O–H groups in total. The second-order valence-corrected chi connectivity index (χ2v) is 15.2. The molecule has 2 heterocycles. The van der Waals surface area contributed by atoms with Gasteiger partial charge < -0.3 is 25.0 Å². The number of hydrogen-bond acceptors (Lipinski definition) is 8. The third-order valence-electron chi connectivity index (χ3n) is 10.0. The number of rotatable bonds is 12. The Morgan fingerprint density at radius 1 is 0.906 bits per heavy atom. The van der Waals surface area contributed by atoms with Crippen molar-refractivity contribution in [2.45, 2.75) is 64.5 Å². The van der Waals surface area contributed by atoms with Crippen molar-refractivity contribution in [1.82, 2.24) is 9.71 Å². The Labute approximate surface area is 313 Å². The number of fused-ring (bicyclic) bond motifs is 1. The molecule has 4 aromatic rings. The highest BCUT2D eigenvalue weighted by atomic mass is 32.1. The minimum absolute atomic E-state index is 0.0234. The number of methoxy groups -OCH3 is 1. The lowest BCUT2D eigenvalue weighted by Gasteiger charge is -2.47. The number of ether oxygens (including phenoxy) is 1. The third-order valence-corrected chi connectivity index (χ3v) is 11.2. The lowest BCUT2D eigenvalue weighted by Crippen LogP contribution is -2.59. The van der Waals surface area contributed by atoms with E-state index in [0.717, 1.165) is 72.2 Å². The Bertz CT molecular complexity index is 2000. The van der Waals surface area contributed by atoms with Gasteiger partial charge in [0.05, 0.1) is 24.4 Å². The standard InChI is InChI=1S/C40H42BF2N4O5S/c1-40(2)23-47(41-24-48)18-17-46(40)22-26-7-6-8-28(19-26)36(49)45-38-35(31-9-4-5-10-34(31)53-38)37(50)44-29-20-32(42)30(33(43)21-29)16-13-25-11-14-27(15-12-25)39(51)52-3/h6-8,11-12,14-15,19-21,24H,4-5,9-10,13,16-18,22-23H2,1-3H3,(H,44,50)(H,45,49). The van der Waals surface area contributed by atoms with Gasteiger partial charge in [-0.3, -0.25) is 14.5 Å². The van der Waals surface area contributed by atoms with Gasteiger partial charge in [0.15, 0.2) is 0 Å². The average Bonchev–Trinajstić information content (AvgIpc) is 3.50. The lowest BCUT2D eigenvalue weighted by atomic mass is 9.87. The third kappa shape index (κ3) is 8.92. The zero-order chi connectivity index (χ0) is 37.7. The molecule has 9 nitrogen and oxygen atoms in total. The number of nitrogens with zero attached hydrogens (tertiary/aromatic N) is 2. The quantitative estimate of drug-likeness (QED) is 0.0948. The number of esters is 1. The smallest absolute Gasteiger partial charge is 0.337 e. The summed E-state index contributed by atoms with van der Waals surface area (Å²) in [6.07, 6.45) is 4.52. The highest BCUT2D eigenvalue weighted by molar-refractivity contribution is 7.17. The van der Waals surface area contributed by atoms with Crippen molar-refractivity contribution in [2.75, 3.05) is 37.4 Å². The van der Waals surface area contributed by atoms with Crippen molar-refractivity contribution in [2.24, 2.45) is 0 Å². The second-order valence-electron chi connectivity index (χ2n) is 14.1. The summed E-state index contributed by atoms with van der Waals surface area (Å²) in [6, 6.07) is 16.3. The number of anilines is 2. The predicted molar refractivity (Wildman–Crippen MR) is 203 cm³/mol. The lowest BCUT2D eigenvalue weighted by molar-refractivity contribution is 0.0472. The van der Waals surface area contributed by atoms with Crippen LogP contribution >= 0.6 is 11.3 Å². The Kier molecular flexibility index (Phi) is 11.9. The summed E-state index contributed by atoms with van der Waals surface area (Å²) >= 11 is 1.37. The van der Waals surface area contributed by atoms with E-state index >= 15 is 8.78 Å². The van der Waals surface area contributed by atoms with Crippen LogP contribution in [0.25, 0.3) is 0 Å². The van der Waals surface area contributed by atoms with Gasteiger partial charge in [-0.15, -0.1) is 11.3 Å². The molecular weight excluding hydrogens is 697 g/mol. The van der Waals surface area contributed by atoms with Gasteiger partial charge in [-0.2, -0.15) is 0 Å². The van der Waals surface area contributed by atoms with Crippen LogP contribution < -0.4 is 10.6 Å². The fourth-order valence-electron chi connectivity index (χ4n) is 7.14. The Morgan fingerprint density at radius 3 is 2.34 bits per heavy atom. The van der Waals surface area contributed by atoms with Crippen molar-refractivity contribution < 1.29 is 32.7 Å². The summed E-state index contributed by atoms with van der Waals surface area (Å²) in [4.78, 5) is 55.6. The molecule has 1 fully saturated rings. The predicted octanol–water partition coefficient (Wildman–Crippen LogP) is 6.69. The Hall–Kier alpha value is -4.72. The van der Waals surface area contributed by atoms with Crippen molar-refractivity contribution in [1.29, 1.82) is 0 Å². The first-order valence-electron chi connectivity index (χ1n) is 17.7. The van der Waals surface area contributed by atoms with Crippen LogP contribution in [0.4, 0.5) is 19.5 Å². The fraction of sp³-hybridized carbons (Fsp3) is 0.350. The molecule has 275 valence electrons. The number of carbonyl (C=O) groups is 4.